The van der Waals surface area contributed by atoms with Crippen molar-refractivity contribution < 1.29 is 14.3 Å². The fraction of sp³-hybridized carbons (Fsp3) is 0.536. The smallest absolute Gasteiger partial charge is 0.410 e. The highest BCUT2D eigenvalue weighted by Gasteiger charge is 2.39. The number of hydrogen-bond acceptors (Lipinski definition) is 4. The normalized spacial score (nSPS) is 23.9. The second kappa shape index (κ2) is 11.4. The Morgan fingerprint density at radius 2 is 2.09 bits per heavy atom. The molecule has 0 N–H and O–H groups in total. The predicted octanol–water partition coefficient (Wildman–Crippen LogP) is 7.54. The molecule has 1 aliphatic carbocycles. The molecule has 3 aliphatic rings. The number of nitrogens with zero attached hydrogens (tertiary/aromatic N) is 2. The van der Waals surface area contributed by atoms with Crippen LogP contribution in [-0.4, -0.2) is 40.1 Å². The average molecular weight is 487 g/mol. The molecule has 2 aliphatic heterocycles. The molecule has 5 nitrogen and oxygen atoms in total. The van der Waals surface area contributed by atoms with Crippen LogP contribution < -0.4 is 0 Å². The molecule has 186 valence electrons. The maximum Gasteiger partial charge on any atom is 0.410 e. The minimum absolute atomic E-state index is 0.113. The van der Waals surface area contributed by atoms with Crippen molar-refractivity contribution >= 4 is 17.7 Å². The number of fused-ring (bicyclic) bond motifs is 1. The topological polar surface area (TPSA) is 42.0 Å². The van der Waals surface area contributed by atoms with Gasteiger partial charge in [-0.2, -0.15) is 0 Å². The maximum absolute atomic E-state index is 12.9. The average Bonchev–Trinajstić information content (AvgIpc) is 3.01. The van der Waals surface area contributed by atoms with Crippen molar-refractivity contribution in [1.82, 2.24) is 9.80 Å². The molecule has 0 aromatic rings. The monoisotopic (exact) mass is 486 g/mol. The molecule has 1 saturated heterocycles. The molecule has 0 saturated carbocycles. The maximum atomic E-state index is 12.9. The highest BCUT2D eigenvalue weighted by molar-refractivity contribution is 6.31. The van der Waals surface area contributed by atoms with Crippen LogP contribution in [0.3, 0.4) is 0 Å². The number of allylic oxidation sites excluding steroid dienone is 9. The molecule has 0 aromatic carbocycles. The fourth-order valence-corrected chi connectivity index (χ4v) is 4.86. The van der Waals surface area contributed by atoms with Crippen molar-refractivity contribution in [3.05, 3.63) is 70.5 Å². The number of piperidine rings is 1. The third-order valence-corrected chi connectivity index (χ3v) is 6.46. The molecule has 0 bridgehead atoms. The van der Waals surface area contributed by atoms with E-state index in [1.807, 2.05) is 56.9 Å². The van der Waals surface area contributed by atoms with E-state index < -0.39 is 5.60 Å². The lowest BCUT2D eigenvalue weighted by molar-refractivity contribution is 0.00154. The molecule has 1 amide bonds. The Bertz CT molecular complexity index is 949. The van der Waals surface area contributed by atoms with E-state index in [-0.39, 0.29) is 18.2 Å². The Morgan fingerprint density at radius 1 is 1.32 bits per heavy atom. The van der Waals surface area contributed by atoms with E-state index in [0.717, 1.165) is 55.0 Å². The second-order valence-electron chi connectivity index (χ2n) is 9.94. The highest BCUT2D eigenvalue weighted by atomic mass is 35.5. The quantitative estimate of drug-likeness (QED) is 0.376. The SMILES string of the molecule is CC/C=C(Cl)\C=C/C1=C(C)OC2=CC=CCC=C2N1C1CCN(C(=O)OC(C)(C)C)C(CC)C1. The van der Waals surface area contributed by atoms with Gasteiger partial charge < -0.3 is 19.3 Å². The molecule has 2 unspecified atom stereocenters. The first-order chi connectivity index (χ1) is 16.1. The Labute approximate surface area is 210 Å². The number of carbonyl (C=O) groups excluding carboxylic acids is 1. The third-order valence-electron chi connectivity index (χ3n) is 6.18. The highest BCUT2D eigenvalue weighted by Crippen LogP contribution is 2.39. The van der Waals surface area contributed by atoms with Crippen LogP contribution in [0, 0.1) is 0 Å². The van der Waals surface area contributed by atoms with Gasteiger partial charge in [-0.1, -0.05) is 49.8 Å². The number of rotatable bonds is 5. The zero-order chi connectivity index (χ0) is 24.9. The van der Waals surface area contributed by atoms with Gasteiger partial charge in [-0.15, -0.1) is 0 Å². The Kier molecular flexibility index (Phi) is 8.75. The van der Waals surface area contributed by atoms with Crippen molar-refractivity contribution in [3.63, 3.8) is 0 Å². The molecule has 6 heteroatoms. The summed E-state index contributed by atoms with van der Waals surface area (Å²) in [5.74, 6) is 1.71. The third kappa shape index (κ3) is 6.38. The molecule has 0 spiro atoms. The summed E-state index contributed by atoms with van der Waals surface area (Å²) in [5, 5.41) is 0.715. The van der Waals surface area contributed by atoms with Crippen LogP contribution in [0.25, 0.3) is 0 Å². The van der Waals surface area contributed by atoms with E-state index in [9.17, 15) is 4.79 Å². The summed E-state index contributed by atoms with van der Waals surface area (Å²) in [6, 6.07) is 0.339. The molecular formula is C28H39ClN2O3. The van der Waals surface area contributed by atoms with Crippen LogP contribution >= 0.6 is 11.6 Å². The summed E-state index contributed by atoms with van der Waals surface area (Å²) >= 11 is 6.40. The van der Waals surface area contributed by atoms with E-state index in [1.165, 1.54) is 0 Å². The van der Waals surface area contributed by atoms with Gasteiger partial charge in [0.05, 0.1) is 11.4 Å². The summed E-state index contributed by atoms with van der Waals surface area (Å²) < 4.78 is 11.9. The number of ether oxygens (including phenoxy) is 2. The lowest BCUT2D eigenvalue weighted by Gasteiger charge is -2.46. The zero-order valence-corrected chi connectivity index (χ0v) is 22.2. The van der Waals surface area contributed by atoms with Gasteiger partial charge in [0, 0.05) is 23.7 Å². The van der Waals surface area contributed by atoms with Crippen LogP contribution in [0.5, 0.6) is 0 Å². The van der Waals surface area contributed by atoms with Crippen LogP contribution in [-0.2, 0) is 9.47 Å². The van der Waals surface area contributed by atoms with Crippen LogP contribution in [0.1, 0.15) is 73.6 Å². The second-order valence-corrected chi connectivity index (χ2v) is 10.4. The van der Waals surface area contributed by atoms with Crippen molar-refractivity contribution in [3.8, 4) is 0 Å². The Morgan fingerprint density at radius 3 is 2.76 bits per heavy atom. The predicted molar refractivity (Wildman–Crippen MR) is 139 cm³/mol. The first-order valence-corrected chi connectivity index (χ1v) is 12.8. The minimum Gasteiger partial charge on any atom is -0.458 e. The van der Waals surface area contributed by atoms with Crippen LogP contribution in [0.15, 0.2) is 70.5 Å². The van der Waals surface area contributed by atoms with E-state index >= 15 is 0 Å². The van der Waals surface area contributed by atoms with Gasteiger partial charge in [-0.05, 0) is 78.0 Å². The molecule has 2 heterocycles. The van der Waals surface area contributed by atoms with Gasteiger partial charge in [-0.3, -0.25) is 0 Å². The van der Waals surface area contributed by atoms with Gasteiger partial charge >= 0.3 is 6.09 Å². The lowest BCUT2D eigenvalue weighted by Crippen LogP contribution is -2.53. The zero-order valence-electron chi connectivity index (χ0n) is 21.4. The first kappa shape index (κ1) is 26.2. The van der Waals surface area contributed by atoms with E-state index in [2.05, 4.69) is 37.0 Å². The van der Waals surface area contributed by atoms with Crippen molar-refractivity contribution in [1.29, 1.82) is 0 Å². The van der Waals surface area contributed by atoms with E-state index in [4.69, 9.17) is 21.1 Å². The standard InChI is InChI=1S/C28H39ClN2O3/c1-7-12-21(29)15-16-24-20(3)33-26-14-11-9-10-13-25(26)31(24)23-17-18-30(22(8-2)19-23)27(32)34-28(4,5)6/h9,11-16,22-23H,7-8,10,17-19H2,1-6H3/b16-15-,21-12+. The van der Waals surface area contributed by atoms with Gasteiger partial charge in [0.15, 0.2) is 0 Å². The summed E-state index contributed by atoms with van der Waals surface area (Å²) in [7, 11) is 0. The number of carbonyl (C=O) groups is 1. The summed E-state index contributed by atoms with van der Waals surface area (Å²) in [4.78, 5) is 17.2. The van der Waals surface area contributed by atoms with Gasteiger partial charge in [-0.25, -0.2) is 4.79 Å². The summed E-state index contributed by atoms with van der Waals surface area (Å²) in [6.45, 7) is 12.6. The fourth-order valence-electron chi connectivity index (χ4n) is 4.64. The van der Waals surface area contributed by atoms with E-state index in [1.54, 1.807) is 0 Å². The van der Waals surface area contributed by atoms with E-state index in [0.29, 0.717) is 11.6 Å². The number of hydrogen-bond donors (Lipinski definition) is 0. The van der Waals surface area contributed by atoms with Crippen molar-refractivity contribution in [2.24, 2.45) is 0 Å². The van der Waals surface area contributed by atoms with Crippen molar-refractivity contribution in [2.45, 2.75) is 91.3 Å². The van der Waals surface area contributed by atoms with Crippen LogP contribution in [0.4, 0.5) is 4.79 Å². The molecule has 34 heavy (non-hydrogen) atoms. The number of halogens is 1. The Hall–Kier alpha value is -2.40. The van der Waals surface area contributed by atoms with Gasteiger partial charge in [0.2, 0.25) is 0 Å². The van der Waals surface area contributed by atoms with Gasteiger partial charge in [0.1, 0.15) is 17.1 Å². The lowest BCUT2D eigenvalue weighted by atomic mass is 9.92. The Balaban J connectivity index is 1.93. The van der Waals surface area contributed by atoms with Crippen LogP contribution in [0.2, 0.25) is 0 Å². The number of likely N-dealkylation sites (tertiary alicyclic amines) is 1. The molecule has 0 aromatic heterocycles. The molecule has 2 atom stereocenters. The van der Waals surface area contributed by atoms with Crippen molar-refractivity contribution in [2.75, 3.05) is 6.54 Å². The number of amides is 1. The minimum atomic E-state index is -0.503. The molecule has 0 radical (unpaired) electrons. The largest absolute Gasteiger partial charge is 0.458 e. The van der Waals surface area contributed by atoms with Gasteiger partial charge in [0.25, 0.3) is 0 Å². The summed E-state index contributed by atoms with van der Waals surface area (Å²) in [6.07, 6.45) is 18.5. The molecular weight excluding hydrogens is 448 g/mol. The molecule has 3 rings (SSSR count). The summed E-state index contributed by atoms with van der Waals surface area (Å²) in [5.41, 5.74) is 1.59. The molecule has 1 fully saturated rings. The first-order valence-electron chi connectivity index (χ1n) is 12.4.